The molecule has 0 atom stereocenters. The van der Waals surface area contributed by atoms with Crippen molar-refractivity contribution in [2.24, 2.45) is 0 Å². The van der Waals surface area contributed by atoms with Crippen LogP contribution in [0.15, 0.2) is 70.0 Å². The smallest absolute Gasteiger partial charge is 0.336 e. The molecule has 0 amide bonds. The average molecular weight is 319 g/mol. The number of aromatic nitrogens is 3. The molecule has 0 N–H and O–H groups in total. The first-order valence-electron chi connectivity index (χ1n) is 7.34. The summed E-state index contributed by atoms with van der Waals surface area (Å²) in [5.41, 5.74) is 2.59. The van der Waals surface area contributed by atoms with E-state index in [1.807, 2.05) is 42.6 Å². The first-order chi connectivity index (χ1) is 11.7. The zero-order valence-corrected chi connectivity index (χ0v) is 12.8. The largest absolute Gasteiger partial charge is 0.497 e. The van der Waals surface area contributed by atoms with Crippen LogP contribution in [0.4, 0.5) is 0 Å². The highest BCUT2D eigenvalue weighted by molar-refractivity contribution is 5.78. The lowest BCUT2D eigenvalue weighted by atomic mass is 10.1. The van der Waals surface area contributed by atoms with E-state index in [0.29, 0.717) is 5.58 Å². The molecule has 0 spiro atoms. The molecular formula is C18H13N3O3. The van der Waals surface area contributed by atoms with Gasteiger partial charge in [0.2, 0.25) is 0 Å². The van der Waals surface area contributed by atoms with Crippen molar-refractivity contribution >= 4 is 11.0 Å². The molecule has 0 aliphatic heterocycles. The van der Waals surface area contributed by atoms with Gasteiger partial charge in [-0.15, -0.1) is 5.10 Å². The molecule has 0 saturated heterocycles. The number of nitrogens with zero attached hydrogens (tertiary/aromatic N) is 3. The lowest BCUT2D eigenvalue weighted by Gasteiger charge is -2.02. The van der Waals surface area contributed by atoms with Crippen molar-refractivity contribution in [1.82, 2.24) is 15.0 Å². The third kappa shape index (κ3) is 2.54. The van der Waals surface area contributed by atoms with E-state index >= 15 is 0 Å². The second-order valence-electron chi connectivity index (χ2n) is 5.25. The van der Waals surface area contributed by atoms with Gasteiger partial charge in [-0.2, -0.15) is 0 Å². The van der Waals surface area contributed by atoms with E-state index in [-0.39, 0.29) is 5.63 Å². The van der Waals surface area contributed by atoms with E-state index in [1.54, 1.807) is 23.9 Å². The van der Waals surface area contributed by atoms with Crippen LogP contribution < -0.4 is 10.4 Å². The van der Waals surface area contributed by atoms with Crippen LogP contribution in [0.3, 0.4) is 0 Å². The fraction of sp³-hybridized carbons (Fsp3) is 0.0556. The van der Waals surface area contributed by atoms with Gasteiger partial charge in [-0.3, -0.25) is 0 Å². The molecule has 118 valence electrons. The molecule has 0 unspecified atom stereocenters. The van der Waals surface area contributed by atoms with E-state index in [1.165, 1.54) is 6.07 Å². The van der Waals surface area contributed by atoms with Crippen LogP contribution in [-0.4, -0.2) is 22.1 Å². The number of benzene rings is 2. The maximum atomic E-state index is 11.4. The zero-order chi connectivity index (χ0) is 16.5. The first kappa shape index (κ1) is 14.2. The van der Waals surface area contributed by atoms with Gasteiger partial charge in [-0.1, -0.05) is 5.21 Å². The average Bonchev–Trinajstić information content (AvgIpc) is 3.11. The van der Waals surface area contributed by atoms with Gasteiger partial charge in [0.25, 0.3) is 0 Å². The van der Waals surface area contributed by atoms with Gasteiger partial charge in [0.05, 0.1) is 19.0 Å². The SMILES string of the molecule is COc1ccc(-c2cn(-c3ccc4ccc(=O)oc4c3)nn2)cc1. The quantitative estimate of drug-likeness (QED) is 0.543. The summed E-state index contributed by atoms with van der Waals surface area (Å²) in [5, 5.41) is 9.20. The van der Waals surface area contributed by atoms with Gasteiger partial charge in [0.15, 0.2) is 0 Å². The Morgan fingerprint density at radius 1 is 1.04 bits per heavy atom. The highest BCUT2D eigenvalue weighted by atomic mass is 16.5. The van der Waals surface area contributed by atoms with E-state index in [9.17, 15) is 4.79 Å². The van der Waals surface area contributed by atoms with E-state index in [4.69, 9.17) is 9.15 Å². The Hall–Kier alpha value is -3.41. The summed E-state index contributed by atoms with van der Waals surface area (Å²) in [4.78, 5) is 11.4. The highest BCUT2D eigenvalue weighted by Crippen LogP contribution is 2.22. The van der Waals surface area contributed by atoms with Crippen LogP contribution in [0.25, 0.3) is 27.9 Å². The molecule has 2 heterocycles. The molecule has 0 bridgehead atoms. The van der Waals surface area contributed by atoms with Crippen molar-refractivity contribution in [3.05, 3.63) is 71.2 Å². The maximum absolute atomic E-state index is 11.4. The third-order valence-corrected chi connectivity index (χ3v) is 3.75. The molecule has 4 rings (SSSR count). The van der Waals surface area contributed by atoms with Crippen molar-refractivity contribution in [1.29, 1.82) is 0 Å². The van der Waals surface area contributed by atoms with Gasteiger partial charge in [0, 0.05) is 23.1 Å². The molecule has 0 saturated carbocycles. The van der Waals surface area contributed by atoms with Crippen LogP contribution in [0, 0.1) is 0 Å². The van der Waals surface area contributed by atoms with Crippen molar-refractivity contribution in [2.75, 3.05) is 7.11 Å². The van der Waals surface area contributed by atoms with E-state index in [2.05, 4.69) is 10.3 Å². The predicted octanol–water partition coefficient (Wildman–Crippen LogP) is 3.05. The van der Waals surface area contributed by atoms with Gasteiger partial charge < -0.3 is 9.15 Å². The van der Waals surface area contributed by atoms with Gasteiger partial charge in [-0.05, 0) is 42.5 Å². The summed E-state index contributed by atoms with van der Waals surface area (Å²) in [7, 11) is 1.63. The predicted molar refractivity (Wildman–Crippen MR) is 89.4 cm³/mol. The normalized spacial score (nSPS) is 10.9. The van der Waals surface area contributed by atoms with Gasteiger partial charge >= 0.3 is 5.63 Å². The minimum absolute atomic E-state index is 0.378. The zero-order valence-electron chi connectivity index (χ0n) is 12.8. The second kappa shape index (κ2) is 5.66. The van der Waals surface area contributed by atoms with Crippen LogP contribution in [-0.2, 0) is 0 Å². The Bertz CT molecular complexity index is 1060. The molecule has 24 heavy (non-hydrogen) atoms. The number of fused-ring (bicyclic) bond motifs is 1. The number of ether oxygens (including phenoxy) is 1. The lowest BCUT2D eigenvalue weighted by Crippen LogP contribution is -1.97. The van der Waals surface area contributed by atoms with Crippen molar-refractivity contribution in [2.45, 2.75) is 0 Å². The minimum Gasteiger partial charge on any atom is -0.497 e. The third-order valence-electron chi connectivity index (χ3n) is 3.75. The summed E-state index contributed by atoms with van der Waals surface area (Å²) in [6.45, 7) is 0. The number of methoxy groups -OCH3 is 1. The molecule has 2 aromatic heterocycles. The van der Waals surface area contributed by atoms with Crippen LogP contribution in [0.5, 0.6) is 5.75 Å². The number of hydrogen-bond acceptors (Lipinski definition) is 5. The standard InChI is InChI=1S/C18H13N3O3/c1-23-15-7-3-12(4-8-15)16-11-21(20-19-16)14-6-2-13-5-9-18(22)24-17(13)10-14/h2-11H,1H3. The molecule has 6 nitrogen and oxygen atoms in total. The Labute approximate surface area is 136 Å². The summed E-state index contributed by atoms with van der Waals surface area (Å²) in [6, 6.07) is 16.3. The molecule has 0 fully saturated rings. The van der Waals surface area contributed by atoms with Gasteiger partial charge in [-0.25, -0.2) is 9.48 Å². The van der Waals surface area contributed by atoms with Crippen LogP contribution in [0.2, 0.25) is 0 Å². The monoisotopic (exact) mass is 319 g/mol. The summed E-state index contributed by atoms with van der Waals surface area (Å²) < 4.78 is 12.0. The van der Waals surface area contributed by atoms with Crippen LogP contribution >= 0.6 is 0 Å². The van der Waals surface area contributed by atoms with E-state index < -0.39 is 0 Å². The Balaban J connectivity index is 1.72. The summed E-state index contributed by atoms with van der Waals surface area (Å²) >= 11 is 0. The topological polar surface area (TPSA) is 70.2 Å². The molecular weight excluding hydrogens is 306 g/mol. The van der Waals surface area contributed by atoms with Crippen molar-refractivity contribution in [3.63, 3.8) is 0 Å². The summed E-state index contributed by atoms with van der Waals surface area (Å²) in [5.74, 6) is 0.788. The number of hydrogen-bond donors (Lipinski definition) is 0. The number of rotatable bonds is 3. The van der Waals surface area contributed by atoms with Crippen molar-refractivity contribution in [3.8, 4) is 22.7 Å². The minimum atomic E-state index is -0.378. The molecule has 0 radical (unpaired) electrons. The Kier molecular flexibility index (Phi) is 3.35. The Morgan fingerprint density at radius 3 is 2.62 bits per heavy atom. The lowest BCUT2D eigenvalue weighted by molar-refractivity contribution is 0.415. The molecule has 2 aromatic carbocycles. The summed E-state index contributed by atoms with van der Waals surface area (Å²) in [6.07, 6.45) is 1.82. The molecule has 4 aromatic rings. The highest BCUT2D eigenvalue weighted by Gasteiger charge is 2.07. The maximum Gasteiger partial charge on any atom is 0.336 e. The molecule has 0 aliphatic carbocycles. The van der Waals surface area contributed by atoms with Crippen molar-refractivity contribution < 1.29 is 9.15 Å². The van der Waals surface area contributed by atoms with Gasteiger partial charge in [0.1, 0.15) is 17.0 Å². The fourth-order valence-corrected chi connectivity index (χ4v) is 2.48. The second-order valence-corrected chi connectivity index (χ2v) is 5.25. The first-order valence-corrected chi connectivity index (χ1v) is 7.34. The van der Waals surface area contributed by atoms with E-state index in [0.717, 1.165) is 28.1 Å². The van der Waals surface area contributed by atoms with Crippen LogP contribution in [0.1, 0.15) is 0 Å². The molecule has 6 heteroatoms. The molecule has 0 aliphatic rings. The Morgan fingerprint density at radius 2 is 1.83 bits per heavy atom. The fourth-order valence-electron chi connectivity index (χ4n) is 2.48.